The highest BCUT2D eigenvalue weighted by molar-refractivity contribution is 6.32. The molecule has 1 aromatic carbocycles. The first kappa shape index (κ1) is 21.2. The van der Waals surface area contributed by atoms with E-state index in [0.717, 1.165) is 73.7 Å². The number of aromatic nitrogens is 4. The van der Waals surface area contributed by atoms with Crippen LogP contribution >= 0.6 is 11.6 Å². The molecule has 2 aliphatic rings. The zero-order valence-corrected chi connectivity index (χ0v) is 19.5. The quantitative estimate of drug-likeness (QED) is 0.592. The lowest BCUT2D eigenvalue weighted by molar-refractivity contribution is -0.135. The van der Waals surface area contributed by atoms with Crippen molar-refractivity contribution < 1.29 is 4.79 Å². The zero-order valence-electron chi connectivity index (χ0n) is 18.7. The van der Waals surface area contributed by atoms with Gasteiger partial charge in [0, 0.05) is 32.1 Å². The second-order valence-corrected chi connectivity index (χ2v) is 9.30. The van der Waals surface area contributed by atoms with E-state index in [0.29, 0.717) is 16.8 Å². The summed E-state index contributed by atoms with van der Waals surface area (Å²) in [7, 11) is 0. The molecule has 1 saturated heterocycles. The van der Waals surface area contributed by atoms with Crippen molar-refractivity contribution in [1.29, 1.82) is 0 Å². The van der Waals surface area contributed by atoms with Gasteiger partial charge < -0.3 is 9.80 Å². The lowest BCUT2D eigenvalue weighted by Crippen LogP contribution is -2.38. The molecule has 0 N–H and O–H groups in total. The molecule has 1 aliphatic heterocycles. The van der Waals surface area contributed by atoms with Crippen LogP contribution in [0.15, 0.2) is 24.3 Å². The minimum absolute atomic E-state index is 0.227. The van der Waals surface area contributed by atoms with E-state index in [-0.39, 0.29) is 5.92 Å². The first-order chi connectivity index (χ1) is 15.5. The molecule has 2 fully saturated rings. The van der Waals surface area contributed by atoms with Gasteiger partial charge in [0.2, 0.25) is 5.91 Å². The van der Waals surface area contributed by atoms with Gasteiger partial charge in [-0.2, -0.15) is 5.10 Å². The van der Waals surface area contributed by atoms with Crippen molar-refractivity contribution >= 4 is 34.4 Å². The van der Waals surface area contributed by atoms with Crippen molar-refractivity contribution in [1.82, 2.24) is 24.6 Å². The number of aryl methyl sites for hydroxylation is 2. The molecule has 8 heteroatoms. The van der Waals surface area contributed by atoms with Crippen LogP contribution < -0.4 is 4.90 Å². The number of fused-ring (bicyclic) bond motifs is 1. The van der Waals surface area contributed by atoms with Gasteiger partial charge in [0.15, 0.2) is 5.65 Å². The number of nitrogens with zero attached hydrogens (tertiary/aromatic N) is 6. The molecule has 3 aromatic rings. The van der Waals surface area contributed by atoms with E-state index in [1.165, 1.54) is 12.8 Å². The Morgan fingerprint density at radius 2 is 1.78 bits per heavy atom. The smallest absolute Gasteiger partial charge is 0.225 e. The number of para-hydroxylation sites is 1. The first-order valence-electron chi connectivity index (χ1n) is 11.6. The maximum absolute atomic E-state index is 13.0. The largest absolute Gasteiger partial charge is 0.354 e. The standard InChI is InChI=1S/C24H29ClN6O/c1-16-21-22(29-12-7-13-30(15-14-29)24(32)18-8-3-4-9-18)26-17(2)27-23(21)31(28-16)20-11-6-5-10-19(20)25/h5-6,10-11,18H,3-4,7-9,12-15H2,1-2H3. The highest BCUT2D eigenvalue weighted by Crippen LogP contribution is 2.32. The lowest BCUT2D eigenvalue weighted by Gasteiger charge is -2.25. The Balaban J connectivity index is 1.48. The number of anilines is 1. The van der Waals surface area contributed by atoms with Crippen molar-refractivity contribution in [2.24, 2.45) is 5.92 Å². The third-order valence-electron chi connectivity index (χ3n) is 6.69. The Bertz CT molecular complexity index is 1150. The normalized spacial score (nSPS) is 17.8. The molecule has 0 spiro atoms. The van der Waals surface area contributed by atoms with E-state index >= 15 is 0 Å². The maximum Gasteiger partial charge on any atom is 0.225 e. The van der Waals surface area contributed by atoms with Crippen LogP contribution in [0.3, 0.4) is 0 Å². The summed E-state index contributed by atoms with van der Waals surface area (Å²) in [6.45, 7) is 7.08. The van der Waals surface area contributed by atoms with Crippen molar-refractivity contribution in [2.45, 2.75) is 46.0 Å². The Kier molecular flexibility index (Phi) is 5.76. The van der Waals surface area contributed by atoms with Crippen LogP contribution in [-0.2, 0) is 4.79 Å². The second-order valence-electron chi connectivity index (χ2n) is 8.89. The maximum atomic E-state index is 13.0. The van der Waals surface area contributed by atoms with E-state index in [1.54, 1.807) is 0 Å². The highest BCUT2D eigenvalue weighted by atomic mass is 35.5. The Labute approximate surface area is 193 Å². The number of amides is 1. The van der Waals surface area contributed by atoms with Gasteiger partial charge in [-0.3, -0.25) is 4.79 Å². The molecule has 0 atom stereocenters. The number of benzene rings is 1. The van der Waals surface area contributed by atoms with E-state index < -0.39 is 0 Å². The summed E-state index contributed by atoms with van der Waals surface area (Å²) < 4.78 is 1.82. The fourth-order valence-corrected chi connectivity index (χ4v) is 5.28. The Hall–Kier alpha value is -2.67. The zero-order chi connectivity index (χ0) is 22.2. The molecular formula is C24H29ClN6O. The molecule has 1 saturated carbocycles. The van der Waals surface area contributed by atoms with Crippen LogP contribution in [0.1, 0.15) is 43.6 Å². The number of halogens is 1. The van der Waals surface area contributed by atoms with Crippen LogP contribution in [-0.4, -0.2) is 56.7 Å². The summed E-state index contributed by atoms with van der Waals surface area (Å²) >= 11 is 6.47. The van der Waals surface area contributed by atoms with Crippen LogP contribution in [0.25, 0.3) is 16.7 Å². The summed E-state index contributed by atoms with van der Waals surface area (Å²) in [5, 5.41) is 6.36. The molecule has 7 nitrogen and oxygen atoms in total. The first-order valence-corrected chi connectivity index (χ1v) is 11.9. The average Bonchev–Trinajstić information content (AvgIpc) is 3.35. The van der Waals surface area contributed by atoms with Gasteiger partial charge in [-0.15, -0.1) is 0 Å². The predicted octanol–water partition coefficient (Wildman–Crippen LogP) is 4.31. The topological polar surface area (TPSA) is 67.2 Å². The van der Waals surface area contributed by atoms with Crippen LogP contribution in [0.5, 0.6) is 0 Å². The van der Waals surface area contributed by atoms with E-state index in [1.807, 2.05) is 42.8 Å². The van der Waals surface area contributed by atoms with Gasteiger partial charge >= 0.3 is 0 Å². The number of hydrogen-bond donors (Lipinski definition) is 0. The van der Waals surface area contributed by atoms with Crippen molar-refractivity contribution in [2.75, 3.05) is 31.1 Å². The second kappa shape index (κ2) is 8.70. The summed E-state index contributed by atoms with van der Waals surface area (Å²) in [6, 6.07) is 7.67. The lowest BCUT2D eigenvalue weighted by atomic mass is 10.1. The molecule has 1 amide bonds. The van der Waals surface area contributed by atoms with Gasteiger partial charge in [0.25, 0.3) is 0 Å². The number of rotatable bonds is 3. The van der Waals surface area contributed by atoms with E-state index in [4.69, 9.17) is 26.7 Å². The van der Waals surface area contributed by atoms with Crippen LogP contribution in [0, 0.1) is 19.8 Å². The molecule has 2 aromatic heterocycles. The molecule has 168 valence electrons. The third kappa shape index (κ3) is 3.83. The van der Waals surface area contributed by atoms with Gasteiger partial charge in [0.1, 0.15) is 11.6 Å². The van der Waals surface area contributed by atoms with Crippen molar-refractivity contribution in [3.63, 3.8) is 0 Å². The van der Waals surface area contributed by atoms with Crippen LogP contribution in [0.2, 0.25) is 5.02 Å². The van der Waals surface area contributed by atoms with Gasteiger partial charge in [-0.1, -0.05) is 36.6 Å². The number of carbonyl (C=O) groups is 1. The van der Waals surface area contributed by atoms with E-state index in [2.05, 4.69) is 9.80 Å². The molecule has 3 heterocycles. The number of hydrogen-bond acceptors (Lipinski definition) is 5. The summed E-state index contributed by atoms with van der Waals surface area (Å²) in [5.74, 6) is 2.17. The fraction of sp³-hybridized carbons (Fsp3) is 0.500. The van der Waals surface area contributed by atoms with Gasteiger partial charge in [-0.25, -0.2) is 14.6 Å². The summed E-state index contributed by atoms with van der Waals surface area (Å²) in [6.07, 6.45) is 5.39. The molecule has 1 aliphatic carbocycles. The highest BCUT2D eigenvalue weighted by Gasteiger charge is 2.29. The molecule has 5 rings (SSSR count). The monoisotopic (exact) mass is 452 g/mol. The SMILES string of the molecule is Cc1nc(N2CCCN(C(=O)C3CCCC3)CC2)c2c(C)nn(-c3ccccc3Cl)c2n1. The predicted molar refractivity (Wildman–Crippen MR) is 127 cm³/mol. The fourth-order valence-electron chi connectivity index (χ4n) is 5.07. The van der Waals surface area contributed by atoms with Crippen molar-refractivity contribution in [3.05, 3.63) is 40.8 Å². The molecule has 32 heavy (non-hydrogen) atoms. The summed E-state index contributed by atoms with van der Waals surface area (Å²) in [5.41, 5.74) is 2.44. The van der Waals surface area contributed by atoms with E-state index in [9.17, 15) is 4.79 Å². The average molecular weight is 453 g/mol. The Morgan fingerprint density at radius 3 is 2.56 bits per heavy atom. The minimum atomic E-state index is 0.227. The molecule has 0 bridgehead atoms. The summed E-state index contributed by atoms with van der Waals surface area (Å²) in [4.78, 5) is 26.9. The molecule has 0 unspecified atom stereocenters. The van der Waals surface area contributed by atoms with Gasteiger partial charge in [0.05, 0.1) is 21.8 Å². The number of carbonyl (C=O) groups excluding carboxylic acids is 1. The Morgan fingerprint density at radius 1 is 1.00 bits per heavy atom. The molecular weight excluding hydrogens is 424 g/mol. The van der Waals surface area contributed by atoms with Crippen LogP contribution in [0.4, 0.5) is 5.82 Å². The van der Waals surface area contributed by atoms with Gasteiger partial charge in [-0.05, 0) is 45.2 Å². The minimum Gasteiger partial charge on any atom is -0.354 e. The third-order valence-corrected chi connectivity index (χ3v) is 7.01. The molecule has 0 radical (unpaired) electrons. The van der Waals surface area contributed by atoms with Crippen molar-refractivity contribution in [3.8, 4) is 5.69 Å².